The van der Waals surface area contributed by atoms with Gasteiger partial charge in [-0.3, -0.25) is 4.79 Å². The van der Waals surface area contributed by atoms with Crippen molar-refractivity contribution in [1.29, 1.82) is 0 Å². The summed E-state index contributed by atoms with van der Waals surface area (Å²) in [6, 6.07) is 12.5. The highest BCUT2D eigenvalue weighted by molar-refractivity contribution is 5.77. The number of amides is 1. The molecule has 158 valence electrons. The van der Waals surface area contributed by atoms with Crippen molar-refractivity contribution in [2.45, 2.75) is 39.2 Å². The van der Waals surface area contributed by atoms with Crippen LogP contribution in [0.3, 0.4) is 0 Å². The molecule has 0 aliphatic heterocycles. The van der Waals surface area contributed by atoms with Crippen molar-refractivity contribution in [2.24, 2.45) is 0 Å². The highest BCUT2D eigenvalue weighted by Crippen LogP contribution is 2.30. The molecule has 1 unspecified atom stereocenters. The average Bonchev–Trinajstić information content (AvgIpc) is 2.71. The summed E-state index contributed by atoms with van der Waals surface area (Å²) in [4.78, 5) is 12.1. The van der Waals surface area contributed by atoms with E-state index in [-0.39, 0.29) is 24.0 Å². The number of ether oxygens (including phenoxy) is 3. The molecular formula is C22H27F2NO4. The molecule has 1 atom stereocenters. The molecule has 7 heteroatoms. The summed E-state index contributed by atoms with van der Waals surface area (Å²) in [6.45, 7) is 1.54. The number of hydrogen-bond acceptors (Lipinski definition) is 4. The van der Waals surface area contributed by atoms with Crippen LogP contribution in [0.2, 0.25) is 0 Å². The number of rotatable bonds is 11. The molecule has 5 nitrogen and oxygen atoms in total. The summed E-state index contributed by atoms with van der Waals surface area (Å²) in [5, 5.41) is 2.77. The Balaban J connectivity index is 1.85. The van der Waals surface area contributed by atoms with Crippen molar-refractivity contribution < 1.29 is 27.8 Å². The number of carbonyl (C=O) groups is 1. The minimum absolute atomic E-state index is 0.0312. The maximum absolute atomic E-state index is 12.5. The van der Waals surface area contributed by atoms with E-state index in [4.69, 9.17) is 9.47 Å². The molecule has 0 saturated carbocycles. The molecular weight excluding hydrogens is 380 g/mol. The van der Waals surface area contributed by atoms with E-state index < -0.39 is 6.61 Å². The number of methoxy groups -OCH3 is 1. The maximum Gasteiger partial charge on any atom is 0.387 e. The molecule has 0 fully saturated rings. The van der Waals surface area contributed by atoms with Gasteiger partial charge in [-0.25, -0.2) is 0 Å². The lowest BCUT2D eigenvalue weighted by atomic mass is 9.98. The third-order valence-corrected chi connectivity index (χ3v) is 4.60. The molecule has 0 bridgehead atoms. The number of nitrogens with one attached hydrogen (secondary N) is 1. The molecule has 1 N–H and O–H groups in total. The van der Waals surface area contributed by atoms with Crippen LogP contribution in [0, 0.1) is 0 Å². The monoisotopic (exact) mass is 407 g/mol. The van der Waals surface area contributed by atoms with Crippen LogP contribution in [-0.2, 0) is 11.2 Å². The highest BCUT2D eigenvalue weighted by Gasteiger charge is 2.13. The molecule has 0 aliphatic rings. The smallest absolute Gasteiger partial charge is 0.387 e. The van der Waals surface area contributed by atoms with Crippen LogP contribution >= 0.6 is 0 Å². The second-order valence-electron chi connectivity index (χ2n) is 6.60. The second-order valence-corrected chi connectivity index (χ2v) is 6.60. The van der Waals surface area contributed by atoms with Gasteiger partial charge in [-0.2, -0.15) is 8.78 Å². The molecule has 0 spiro atoms. The van der Waals surface area contributed by atoms with Gasteiger partial charge >= 0.3 is 6.61 Å². The van der Waals surface area contributed by atoms with Crippen LogP contribution in [0.5, 0.6) is 17.2 Å². The zero-order chi connectivity index (χ0) is 21.2. The fourth-order valence-corrected chi connectivity index (χ4v) is 2.84. The van der Waals surface area contributed by atoms with E-state index in [1.807, 2.05) is 24.3 Å². The van der Waals surface area contributed by atoms with Crippen LogP contribution in [0.15, 0.2) is 42.5 Å². The fraction of sp³-hybridized carbons (Fsp3) is 0.409. The molecule has 1 amide bonds. The Bertz CT molecular complexity index is 798. The van der Waals surface area contributed by atoms with E-state index in [0.717, 1.165) is 17.5 Å². The number of benzene rings is 2. The molecule has 29 heavy (non-hydrogen) atoms. The Morgan fingerprint density at radius 3 is 2.55 bits per heavy atom. The molecule has 2 rings (SSSR count). The van der Waals surface area contributed by atoms with Crippen molar-refractivity contribution in [2.75, 3.05) is 20.3 Å². The zero-order valence-electron chi connectivity index (χ0n) is 16.9. The summed E-state index contributed by atoms with van der Waals surface area (Å²) in [7, 11) is 1.38. The molecule has 0 radical (unpaired) electrons. The van der Waals surface area contributed by atoms with E-state index in [9.17, 15) is 13.6 Å². The van der Waals surface area contributed by atoms with Gasteiger partial charge in [0, 0.05) is 6.54 Å². The number of carbonyl (C=O) groups excluding carboxylic acids is 1. The summed E-state index contributed by atoms with van der Waals surface area (Å²) in [6.07, 6.45) is 1.44. The van der Waals surface area contributed by atoms with Gasteiger partial charge in [-0.05, 0) is 48.1 Å². The maximum atomic E-state index is 12.5. The Hall–Kier alpha value is -2.83. The predicted octanol–water partition coefficient (Wildman–Crippen LogP) is 4.55. The SMILES string of the molecule is CCC(C)c1ccccc1OCC(=O)NCCc1ccc(OC)c(OC(F)F)c1. The summed E-state index contributed by atoms with van der Waals surface area (Å²) < 4.78 is 40.2. The topological polar surface area (TPSA) is 56.8 Å². The molecule has 0 aliphatic carbocycles. The molecule has 0 saturated heterocycles. The minimum atomic E-state index is -2.94. The average molecular weight is 407 g/mol. The number of para-hydroxylation sites is 1. The third kappa shape index (κ3) is 6.93. The number of halogens is 2. The first kappa shape index (κ1) is 22.5. The Kier molecular flexibility index (Phi) is 8.70. The molecule has 2 aromatic rings. The van der Waals surface area contributed by atoms with Gasteiger partial charge in [-0.15, -0.1) is 0 Å². The third-order valence-electron chi connectivity index (χ3n) is 4.60. The number of hydrogen-bond donors (Lipinski definition) is 1. The van der Waals surface area contributed by atoms with Crippen molar-refractivity contribution in [3.63, 3.8) is 0 Å². The lowest BCUT2D eigenvalue weighted by molar-refractivity contribution is -0.123. The zero-order valence-corrected chi connectivity index (χ0v) is 16.9. The van der Waals surface area contributed by atoms with E-state index >= 15 is 0 Å². The fourth-order valence-electron chi connectivity index (χ4n) is 2.84. The van der Waals surface area contributed by atoms with Crippen molar-refractivity contribution >= 4 is 5.91 Å². The summed E-state index contributed by atoms with van der Waals surface area (Å²) in [5.74, 6) is 0.999. The number of alkyl halides is 2. The van der Waals surface area contributed by atoms with E-state index in [1.165, 1.54) is 13.2 Å². The Morgan fingerprint density at radius 2 is 1.86 bits per heavy atom. The minimum Gasteiger partial charge on any atom is -0.493 e. The van der Waals surface area contributed by atoms with Gasteiger partial charge in [0.15, 0.2) is 18.1 Å². The van der Waals surface area contributed by atoms with Crippen LogP contribution < -0.4 is 19.5 Å². The van der Waals surface area contributed by atoms with Crippen LogP contribution in [0.4, 0.5) is 8.78 Å². The largest absolute Gasteiger partial charge is 0.493 e. The molecule has 0 heterocycles. The standard InChI is InChI=1S/C22H27F2NO4/c1-4-15(2)17-7-5-6-8-18(17)28-14-21(26)25-12-11-16-9-10-19(27-3)20(13-16)29-22(23)24/h5-10,13,15,22H,4,11-12,14H2,1-3H3,(H,25,26). The summed E-state index contributed by atoms with van der Waals surface area (Å²) >= 11 is 0. The van der Waals surface area contributed by atoms with Gasteiger partial charge < -0.3 is 19.5 Å². The van der Waals surface area contributed by atoms with Crippen molar-refractivity contribution in [3.05, 3.63) is 53.6 Å². The van der Waals surface area contributed by atoms with Gasteiger partial charge in [-0.1, -0.05) is 38.1 Å². The van der Waals surface area contributed by atoms with E-state index in [2.05, 4.69) is 23.9 Å². The van der Waals surface area contributed by atoms with Crippen LogP contribution in [0.25, 0.3) is 0 Å². The normalized spacial score (nSPS) is 11.8. The predicted molar refractivity (Wildman–Crippen MR) is 107 cm³/mol. The van der Waals surface area contributed by atoms with E-state index in [0.29, 0.717) is 24.6 Å². The van der Waals surface area contributed by atoms with Crippen LogP contribution in [-0.4, -0.2) is 32.8 Å². The Labute approximate surface area is 170 Å². The quantitative estimate of drug-likeness (QED) is 0.594. The van der Waals surface area contributed by atoms with Crippen molar-refractivity contribution in [3.8, 4) is 17.2 Å². The lowest BCUT2D eigenvalue weighted by Crippen LogP contribution is -2.30. The van der Waals surface area contributed by atoms with Gasteiger partial charge in [0.25, 0.3) is 5.91 Å². The Morgan fingerprint density at radius 1 is 1.10 bits per heavy atom. The summed E-state index contributed by atoms with van der Waals surface area (Å²) in [5.41, 5.74) is 1.82. The lowest BCUT2D eigenvalue weighted by Gasteiger charge is -2.15. The molecule has 0 aromatic heterocycles. The first-order chi connectivity index (χ1) is 13.9. The first-order valence-electron chi connectivity index (χ1n) is 9.54. The second kappa shape index (κ2) is 11.2. The van der Waals surface area contributed by atoms with Crippen LogP contribution in [0.1, 0.15) is 37.3 Å². The van der Waals surface area contributed by atoms with E-state index in [1.54, 1.807) is 12.1 Å². The first-order valence-corrected chi connectivity index (χ1v) is 9.54. The van der Waals surface area contributed by atoms with Gasteiger partial charge in [0.05, 0.1) is 7.11 Å². The van der Waals surface area contributed by atoms with Crippen molar-refractivity contribution in [1.82, 2.24) is 5.32 Å². The van der Waals surface area contributed by atoms with Gasteiger partial charge in [0.1, 0.15) is 5.75 Å². The van der Waals surface area contributed by atoms with Gasteiger partial charge in [0.2, 0.25) is 0 Å². The highest BCUT2D eigenvalue weighted by atomic mass is 19.3. The molecule has 2 aromatic carbocycles.